The maximum absolute atomic E-state index is 5.24. The van der Waals surface area contributed by atoms with Gasteiger partial charge in [-0.3, -0.25) is 4.98 Å². The van der Waals surface area contributed by atoms with E-state index in [1.165, 1.54) is 0 Å². The van der Waals surface area contributed by atoms with Gasteiger partial charge >= 0.3 is 0 Å². The van der Waals surface area contributed by atoms with E-state index in [0.717, 1.165) is 52.4 Å². The minimum absolute atomic E-state index is 0.744. The molecule has 0 aliphatic rings. The van der Waals surface area contributed by atoms with Gasteiger partial charge in [-0.15, -0.1) is 0 Å². The van der Waals surface area contributed by atoms with Gasteiger partial charge in [0.25, 0.3) is 0 Å². The Balaban J connectivity index is 0.000000706. The number of ether oxygens (including phenoxy) is 1. The van der Waals surface area contributed by atoms with Crippen LogP contribution in [0, 0.1) is 0 Å². The van der Waals surface area contributed by atoms with Gasteiger partial charge in [-0.2, -0.15) is 0 Å². The van der Waals surface area contributed by atoms with E-state index in [-0.39, 0.29) is 0 Å². The molecule has 6 nitrogen and oxygen atoms in total. The van der Waals surface area contributed by atoms with Crippen molar-refractivity contribution in [3.05, 3.63) is 72.4 Å². The van der Waals surface area contributed by atoms with Crippen molar-refractivity contribution in [1.82, 2.24) is 25.3 Å². The predicted octanol–water partition coefficient (Wildman–Crippen LogP) is 3.65. The quantitative estimate of drug-likeness (QED) is 0.557. The zero-order valence-corrected chi connectivity index (χ0v) is 16.4. The molecule has 6 heteroatoms. The minimum atomic E-state index is 0.744. The molecule has 1 aromatic carbocycles. The molecule has 4 rings (SSSR count). The van der Waals surface area contributed by atoms with Crippen molar-refractivity contribution < 1.29 is 4.74 Å². The van der Waals surface area contributed by atoms with E-state index in [0.29, 0.717) is 0 Å². The molecule has 28 heavy (non-hydrogen) atoms. The van der Waals surface area contributed by atoms with Crippen LogP contribution in [-0.2, 0) is 12.8 Å². The summed E-state index contributed by atoms with van der Waals surface area (Å²) >= 11 is 0. The number of nitrogens with one attached hydrogen (secondary N) is 2. The van der Waals surface area contributed by atoms with Gasteiger partial charge in [0.15, 0.2) is 5.65 Å². The molecule has 3 aromatic heterocycles. The summed E-state index contributed by atoms with van der Waals surface area (Å²) in [5.41, 5.74) is 4.91. The number of aromatic amines is 1. The number of hydrogen-bond donors (Lipinski definition) is 2. The lowest BCUT2D eigenvalue weighted by atomic mass is 10.1. The summed E-state index contributed by atoms with van der Waals surface area (Å²) in [5, 5.41) is 2.75. The number of H-pyrrole nitrogens is 1. The summed E-state index contributed by atoms with van der Waals surface area (Å²) in [4.78, 5) is 16.8. The summed E-state index contributed by atoms with van der Waals surface area (Å²) in [6, 6.07) is 16.1. The molecule has 0 unspecified atom stereocenters. The van der Waals surface area contributed by atoms with Crippen LogP contribution in [0.1, 0.15) is 11.5 Å². The highest BCUT2D eigenvalue weighted by atomic mass is 16.5. The third-order valence-electron chi connectivity index (χ3n) is 4.14. The zero-order valence-electron chi connectivity index (χ0n) is 16.4. The van der Waals surface area contributed by atoms with E-state index in [4.69, 9.17) is 4.74 Å². The summed E-state index contributed by atoms with van der Waals surface area (Å²) in [6.07, 6.45) is 5.20. The third-order valence-corrected chi connectivity index (χ3v) is 4.14. The number of aryl methyl sites for hydroxylation is 2. The molecule has 144 valence electrons. The van der Waals surface area contributed by atoms with E-state index in [1.54, 1.807) is 13.3 Å². The van der Waals surface area contributed by atoms with E-state index in [1.807, 2.05) is 50.6 Å². The summed E-state index contributed by atoms with van der Waals surface area (Å²) in [5.74, 6) is 1.74. The first-order valence-corrected chi connectivity index (χ1v) is 9.21. The van der Waals surface area contributed by atoms with E-state index >= 15 is 0 Å². The Labute approximate surface area is 165 Å². The van der Waals surface area contributed by atoms with Crippen molar-refractivity contribution in [3.8, 4) is 16.9 Å². The Morgan fingerprint density at radius 1 is 0.964 bits per heavy atom. The highest BCUT2D eigenvalue weighted by Gasteiger charge is 2.07. The average Bonchev–Trinajstić information content (AvgIpc) is 3.16. The van der Waals surface area contributed by atoms with Crippen LogP contribution in [0.2, 0.25) is 0 Å². The highest BCUT2D eigenvalue weighted by molar-refractivity contribution is 5.78. The lowest BCUT2D eigenvalue weighted by molar-refractivity contribution is 0.413. The van der Waals surface area contributed by atoms with Gasteiger partial charge < -0.3 is 15.0 Å². The van der Waals surface area contributed by atoms with Crippen molar-refractivity contribution in [3.63, 3.8) is 0 Å². The number of benzene rings is 1. The Morgan fingerprint density at radius 2 is 1.75 bits per heavy atom. The van der Waals surface area contributed by atoms with E-state index in [2.05, 4.69) is 43.5 Å². The van der Waals surface area contributed by atoms with Gasteiger partial charge in [-0.05, 0) is 38.2 Å². The van der Waals surface area contributed by atoms with E-state index in [9.17, 15) is 0 Å². The average molecular weight is 375 g/mol. The Kier molecular flexibility index (Phi) is 6.70. The molecule has 0 amide bonds. The Morgan fingerprint density at radius 3 is 2.50 bits per heavy atom. The maximum Gasteiger partial charge on any atom is 0.177 e. The number of hydrogen-bond acceptors (Lipinski definition) is 5. The molecule has 0 bridgehead atoms. The molecule has 0 aliphatic heterocycles. The van der Waals surface area contributed by atoms with Crippen molar-refractivity contribution in [2.45, 2.75) is 12.8 Å². The van der Waals surface area contributed by atoms with Crippen molar-refractivity contribution in [2.24, 2.45) is 0 Å². The predicted molar refractivity (Wildman–Crippen MR) is 113 cm³/mol. The molecule has 0 saturated heterocycles. The van der Waals surface area contributed by atoms with Crippen molar-refractivity contribution >= 4 is 11.2 Å². The first-order valence-electron chi connectivity index (χ1n) is 9.21. The van der Waals surface area contributed by atoms with Gasteiger partial charge in [-0.1, -0.05) is 30.3 Å². The second kappa shape index (κ2) is 9.62. The van der Waals surface area contributed by atoms with Crippen LogP contribution >= 0.6 is 0 Å². The molecule has 0 atom stereocenters. The SMILES string of the molecule is CNC.COc1ccnc(CCc2nc3ncc(-c4ccccc4)cc3[nH]2)c1. The molecular formula is C22H25N5O. The van der Waals surface area contributed by atoms with Crippen LogP contribution < -0.4 is 10.1 Å². The largest absolute Gasteiger partial charge is 0.497 e. The second-order valence-electron chi connectivity index (χ2n) is 6.33. The summed E-state index contributed by atoms with van der Waals surface area (Å²) in [7, 11) is 5.41. The highest BCUT2D eigenvalue weighted by Crippen LogP contribution is 2.21. The first-order chi connectivity index (χ1) is 13.7. The third kappa shape index (κ3) is 4.92. The fourth-order valence-corrected chi connectivity index (χ4v) is 2.82. The Bertz CT molecular complexity index is 1010. The molecule has 2 N–H and O–H groups in total. The molecule has 0 aliphatic carbocycles. The van der Waals surface area contributed by atoms with Crippen molar-refractivity contribution in [1.29, 1.82) is 0 Å². The number of rotatable bonds is 5. The molecule has 0 saturated carbocycles. The lowest BCUT2D eigenvalue weighted by Gasteiger charge is -2.02. The second-order valence-corrected chi connectivity index (χ2v) is 6.33. The normalized spacial score (nSPS) is 10.4. The van der Waals surface area contributed by atoms with Crippen LogP contribution in [-0.4, -0.2) is 41.1 Å². The standard InChI is InChI=1S/C20H18N4O.C2H7N/c1-25-17-9-10-21-16(12-17)7-8-19-23-18-11-15(13-22-20(18)24-19)14-5-3-2-4-6-14;1-3-2/h2-6,9-13H,7-8H2,1H3,(H,22,23,24);3H,1-2H3. The first kappa shape index (κ1) is 19.5. The molecule has 4 aromatic rings. The number of methoxy groups -OCH3 is 1. The van der Waals surface area contributed by atoms with Crippen molar-refractivity contribution in [2.75, 3.05) is 21.2 Å². The fraction of sp³-hybridized carbons (Fsp3) is 0.227. The van der Waals surface area contributed by atoms with Gasteiger partial charge in [0.05, 0.1) is 12.6 Å². The van der Waals surface area contributed by atoms with Crippen LogP contribution in [0.5, 0.6) is 5.75 Å². The summed E-state index contributed by atoms with van der Waals surface area (Å²) < 4.78 is 5.24. The number of fused-ring (bicyclic) bond motifs is 1. The lowest BCUT2D eigenvalue weighted by Crippen LogP contribution is -1.96. The zero-order chi connectivity index (χ0) is 19.8. The molecule has 3 heterocycles. The van der Waals surface area contributed by atoms with Crippen LogP contribution in [0.3, 0.4) is 0 Å². The van der Waals surface area contributed by atoms with Gasteiger partial charge in [0, 0.05) is 36.1 Å². The van der Waals surface area contributed by atoms with Gasteiger partial charge in [0.1, 0.15) is 11.6 Å². The van der Waals surface area contributed by atoms with Crippen LogP contribution in [0.15, 0.2) is 60.9 Å². The number of aromatic nitrogens is 4. The van der Waals surface area contributed by atoms with Crippen LogP contribution in [0.25, 0.3) is 22.3 Å². The smallest absolute Gasteiger partial charge is 0.177 e. The molecule has 0 spiro atoms. The number of nitrogens with zero attached hydrogens (tertiary/aromatic N) is 3. The minimum Gasteiger partial charge on any atom is -0.497 e. The monoisotopic (exact) mass is 375 g/mol. The van der Waals surface area contributed by atoms with E-state index < -0.39 is 0 Å². The molecule has 0 radical (unpaired) electrons. The fourth-order valence-electron chi connectivity index (χ4n) is 2.82. The number of imidazole rings is 1. The molecular weight excluding hydrogens is 350 g/mol. The topological polar surface area (TPSA) is 75.7 Å². The van der Waals surface area contributed by atoms with Crippen LogP contribution in [0.4, 0.5) is 0 Å². The van der Waals surface area contributed by atoms with Gasteiger partial charge in [-0.25, -0.2) is 9.97 Å². The van der Waals surface area contributed by atoms with Gasteiger partial charge in [0.2, 0.25) is 0 Å². The maximum atomic E-state index is 5.24. The summed E-state index contributed by atoms with van der Waals surface area (Å²) in [6.45, 7) is 0. The Hall–Kier alpha value is -3.25. The number of pyridine rings is 2. The molecule has 0 fully saturated rings.